The van der Waals surface area contributed by atoms with E-state index in [0.29, 0.717) is 24.3 Å². The molecule has 5 nitrogen and oxygen atoms in total. The van der Waals surface area contributed by atoms with Crippen LogP contribution in [0.5, 0.6) is 0 Å². The molecule has 1 aromatic rings. The maximum atomic E-state index is 12.5. The Labute approximate surface area is 124 Å². The molecule has 5 heteroatoms. The molecule has 21 heavy (non-hydrogen) atoms. The molecule has 0 spiro atoms. The smallest absolute Gasteiger partial charge is 0.253 e. The van der Waals surface area contributed by atoms with Gasteiger partial charge in [-0.05, 0) is 31.0 Å². The van der Waals surface area contributed by atoms with Crippen LogP contribution in [-0.4, -0.2) is 56.5 Å². The van der Waals surface area contributed by atoms with Crippen LogP contribution in [0.15, 0.2) is 18.2 Å². The van der Waals surface area contributed by atoms with Crippen LogP contribution in [0.4, 0.5) is 5.69 Å². The van der Waals surface area contributed by atoms with Gasteiger partial charge in [-0.15, -0.1) is 0 Å². The van der Waals surface area contributed by atoms with Crippen molar-refractivity contribution in [1.82, 2.24) is 4.90 Å². The van der Waals surface area contributed by atoms with Gasteiger partial charge in [0.15, 0.2) is 6.29 Å². The van der Waals surface area contributed by atoms with Crippen LogP contribution >= 0.6 is 0 Å². The van der Waals surface area contributed by atoms with Crippen molar-refractivity contribution in [3.63, 3.8) is 0 Å². The highest BCUT2D eigenvalue weighted by Crippen LogP contribution is 2.24. The van der Waals surface area contributed by atoms with E-state index in [2.05, 4.69) is 4.90 Å². The van der Waals surface area contributed by atoms with E-state index in [1.54, 1.807) is 12.1 Å². The highest BCUT2D eigenvalue weighted by Gasteiger charge is 2.22. The van der Waals surface area contributed by atoms with Crippen LogP contribution in [0.2, 0.25) is 0 Å². The second-order valence-corrected chi connectivity index (χ2v) is 5.49. The summed E-state index contributed by atoms with van der Waals surface area (Å²) in [5.41, 5.74) is 2.15. The zero-order chi connectivity index (χ0) is 14.7. The molecule has 0 saturated carbocycles. The average molecular weight is 288 g/mol. The van der Waals surface area contributed by atoms with Gasteiger partial charge in [-0.25, -0.2) is 0 Å². The molecule has 3 rings (SSSR count). The molecule has 0 atom stereocenters. The minimum Gasteiger partial charge on any atom is -0.378 e. The molecule has 0 radical (unpaired) electrons. The van der Waals surface area contributed by atoms with Gasteiger partial charge in [0.05, 0.1) is 13.2 Å². The van der Waals surface area contributed by atoms with E-state index in [-0.39, 0.29) is 5.91 Å². The molecule has 2 aliphatic rings. The van der Waals surface area contributed by atoms with E-state index >= 15 is 0 Å². The van der Waals surface area contributed by atoms with E-state index in [4.69, 9.17) is 4.74 Å². The number of morpholine rings is 1. The second kappa shape index (κ2) is 6.26. The Balaban J connectivity index is 1.88. The topological polar surface area (TPSA) is 49.9 Å². The third-order valence-corrected chi connectivity index (χ3v) is 4.15. The Morgan fingerprint density at radius 3 is 2.48 bits per heavy atom. The van der Waals surface area contributed by atoms with Crippen molar-refractivity contribution in [3.8, 4) is 0 Å². The van der Waals surface area contributed by atoms with Crippen molar-refractivity contribution in [1.29, 1.82) is 0 Å². The van der Waals surface area contributed by atoms with Gasteiger partial charge in [0.25, 0.3) is 5.91 Å². The molecular weight excluding hydrogens is 268 g/mol. The summed E-state index contributed by atoms with van der Waals surface area (Å²) >= 11 is 0. The molecule has 0 aliphatic carbocycles. The van der Waals surface area contributed by atoms with Crippen LogP contribution in [-0.2, 0) is 4.74 Å². The predicted octanol–water partition coefficient (Wildman–Crippen LogP) is 1.57. The first-order chi connectivity index (χ1) is 10.3. The fourth-order valence-corrected chi connectivity index (χ4v) is 2.96. The Morgan fingerprint density at radius 1 is 1.10 bits per heavy atom. The standard InChI is InChI=1S/C16H20N2O3/c19-12-14-4-3-13(16(20)18-5-1-2-6-18)11-15(14)17-7-9-21-10-8-17/h3-4,11-12H,1-2,5-10H2. The highest BCUT2D eigenvalue weighted by atomic mass is 16.5. The molecule has 2 aliphatic heterocycles. The van der Waals surface area contributed by atoms with Gasteiger partial charge in [-0.2, -0.15) is 0 Å². The van der Waals surface area contributed by atoms with Gasteiger partial charge in [0, 0.05) is 43.0 Å². The normalized spacial score (nSPS) is 18.9. The summed E-state index contributed by atoms with van der Waals surface area (Å²) in [5, 5.41) is 0. The molecule has 0 unspecified atom stereocenters. The maximum absolute atomic E-state index is 12.5. The van der Waals surface area contributed by atoms with Crippen molar-refractivity contribution >= 4 is 17.9 Å². The molecule has 0 aromatic heterocycles. The number of carbonyl (C=O) groups excluding carboxylic acids is 2. The summed E-state index contributed by atoms with van der Waals surface area (Å²) < 4.78 is 5.35. The zero-order valence-electron chi connectivity index (χ0n) is 12.1. The number of carbonyl (C=O) groups is 2. The Bertz CT molecular complexity index is 532. The number of ether oxygens (including phenoxy) is 1. The Morgan fingerprint density at radius 2 is 1.81 bits per heavy atom. The summed E-state index contributed by atoms with van der Waals surface area (Å²) in [4.78, 5) is 27.7. The molecule has 0 bridgehead atoms. The predicted molar refractivity (Wildman–Crippen MR) is 80.0 cm³/mol. The average Bonchev–Trinajstić information content (AvgIpc) is 3.09. The number of likely N-dealkylation sites (tertiary alicyclic amines) is 1. The lowest BCUT2D eigenvalue weighted by Crippen LogP contribution is -2.37. The number of rotatable bonds is 3. The second-order valence-electron chi connectivity index (χ2n) is 5.49. The lowest BCUT2D eigenvalue weighted by molar-refractivity contribution is 0.0792. The molecule has 1 amide bonds. The molecule has 2 heterocycles. The lowest BCUT2D eigenvalue weighted by atomic mass is 10.1. The van der Waals surface area contributed by atoms with E-state index < -0.39 is 0 Å². The maximum Gasteiger partial charge on any atom is 0.253 e. The number of nitrogens with zero attached hydrogens (tertiary/aromatic N) is 2. The number of hydrogen-bond acceptors (Lipinski definition) is 4. The van der Waals surface area contributed by atoms with Gasteiger partial charge in [-0.1, -0.05) is 0 Å². The molecule has 2 saturated heterocycles. The van der Waals surface area contributed by atoms with Crippen molar-refractivity contribution in [2.45, 2.75) is 12.8 Å². The number of hydrogen-bond donors (Lipinski definition) is 0. The fraction of sp³-hybridized carbons (Fsp3) is 0.500. The molecule has 0 N–H and O–H groups in total. The van der Waals surface area contributed by atoms with Crippen molar-refractivity contribution in [2.75, 3.05) is 44.3 Å². The Kier molecular flexibility index (Phi) is 4.20. The van der Waals surface area contributed by atoms with Crippen LogP contribution < -0.4 is 4.90 Å². The summed E-state index contributed by atoms with van der Waals surface area (Å²) in [5.74, 6) is 0.0689. The van der Waals surface area contributed by atoms with Crippen LogP contribution in [0.3, 0.4) is 0 Å². The van der Waals surface area contributed by atoms with Gasteiger partial charge in [0.1, 0.15) is 0 Å². The van der Waals surface area contributed by atoms with Crippen molar-refractivity contribution in [2.24, 2.45) is 0 Å². The van der Waals surface area contributed by atoms with Crippen LogP contribution in [0.25, 0.3) is 0 Å². The third-order valence-electron chi connectivity index (χ3n) is 4.15. The number of aldehydes is 1. The third kappa shape index (κ3) is 2.93. The summed E-state index contributed by atoms with van der Waals surface area (Å²) in [6, 6.07) is 5.37. The first-order valence-corrected chi connectivity index (χ1v) is 7.51. The van der Waals surface area contributed by atoms with Gasteiger partial charge in [-0.3, -0.25) is 9.59 Å². The number of benzene rings is 1. The quantitative estimate of drug-likeness (QED) is 0.792. The van der Waals surface area contributed by atoms with Crippen molar-refractivity contribution < 1.29 is 14.3 Å². The molecule has 2 fully saturated rings. The van der Waals surface area contributed by atoms with E-state index in [1.807, 2.05) is 11.0 Å². The highest BCUT2D eigenvalue weighted by molar-refractivity contribution is 5.97. The van der Waals surface area contributed by atoms with Gasteiger partial charge in [0.2, 0.25) is 0 Å². The van der Waals surface area contributed by atoms with E-state index in [9.17, 15) is 9.59 Å². The number of anilines is 1. The largest absolute Gasteiger partial charge is 0.378 e. The van der Waals surface area contributed by atoms with Crippen LogP contribution in [0, 0.1) is 0 Å². The lowest BCUT2D eigenvalue weighted by Gasteiger charge is -2.30. The van der Waals surface area contributed by atoms with Crippen molar-refractivity contribution in [3.05, 3.63) is 29.3 Å². The minimum atomic E-state index is 0.0689. The van der Waals surface area contributed by atoms with E-state index in [1.165, 1.54) is 0 Å². The van der Waals surface area contributed by atoms with Gasteiger partial charge < -0.3 is 14.5 Å². The molecular formula is C16H20N2O3. The monoisotopic (exact) mass is 288 g/mol. The van der Waals surface area contributed by atoms with E-state index in [0.717, 1.165) is 51.0 Å². The molecule has 112 valence electrons. The summed E-state index contributed by atoms with van der Waals surface area (Å²) in [6.45, 7) is 4.48. The van der Waals surface area contributed by atoms with Gasteiger partial charge >= 0.3 is 0 Å². The first-order valence-electron chi connectivity index (χ1n) is 7.51. The first kappa shape index (κ1) is 14.1. The fourth-order valence-electron chi connectivity index (χ4n) is 2.96. The number of amides is 1. The summed E-state index contributed by atoms with van der Waals surface area (Å²) in [7, 11) is 0. The minimum absolute atomic E-state index is 0.0689. The zero-order valence-corrected chi connectivity index (χ0v) is 12.1. The Hall–Kier alpha value is -1.88. The SMILES string of the molecule is O=Cc1ccc(C(=O)N2CCCC2)cc1N1CCOCC1. The molecule has 1 aromatic carbocycles. The van der Waals surface area contributed by atoms with Crippen LogP contribution in [0.1, 0.15) is 33.6 Å². The summed E-state index contributed by atoms with van der Waals surface area (Å²) in [6.07, 6.45) is 3.01.